The zero-order valence-electron chi connectivity index (χ0n) is 30.7. The van der Waals surface area contributed by atoms with Crippen LogP contribution in [0.5, 0.6) is 0 Å². The summed E-state index contributed by atoms with van der Waals surface area (Å²) in [6.07, 6.45) is -0.938. The molecule has 1 saturated heterocycles. The van der Waals surface area contributed by atoms with E-state index in [2.05, 4.69) is 15.7 Å². The second-order valence-corrected chi connectivity index (χ2v) is 14.7. The number of hydrogen-bond donors (Lipinski definition) is 4. The molecule has 0 spiro atoms. The van der Waals surface area contributed by atoms with Crippen molar-refractivity contribution in [3.8, 4) is 0 Å². The van der Waals surface area contributed by atoms with Gasteiger partial charge in [0.2, 0.25) is 11.8 Å². The molecule has 0 radical (unpaired) electrons. The fourth-order valence-corrected chi connectivity index (χ4v) is 6.17. The minimum atomic E-state index is -1.08. The highest BCUT2D eigenvalue weighted by Gasteiger charge is 2.41. The molecular weight excluding hydrogens is 638 g/mol. The zero-order chi connectivity index (χ0) is 37.0. The fraction of sp³-hybridized carbons (Fsp3) is 0.595. The number of rotatable bonds is 19. The van der Waals surface area contributed by atoms with Crippen LogP contribution < -0.4 is 16.5 Å². The molecule has 2 heterocycles. The number of aromatic nitrogens is 1. The molecule has 3 rings (SSSR count). The third kappa shape index (κ3) is 12.6. The molecule has 1 aliphatic rings. The van der Waals surface area contributed by atoms with E-state index in [1.165, 1.54) is 0 Å². The first-order valence-electron chi connectivity index (χ1n) is 17.6. The smallest absolute Gasteiger partial charge is 0.404 e. The number of hydrazine groups is 1. The number of carbonyl (C=O) groups is 4. The van der Waals surface area contributed by atoms with E-state index in [-0.39, 0.29) is 49.3 Å². The second-order valence-electron chi connectivity index (χ2n) is 14.7. The van der Waals surface area contributed by atoms with Crippen LogP contribution in [0.15, 0.2) is 48.5 Å². The molecule has 50 heavy (non-hydrogen) atoms. The normalized spacial score (nSPS) is 15.9. The number of pyridine rings is 1. The topological polar surface area (TPSA) is 170 Å². The number of hydrogen-bond acceptors (Lipinski definition) is 8. The Hall–Kier alpha value is -4.23. The summed E-state index contributed by atoms with van der Waals surface area (Å²) >= 11 is 0. The van der Waals surface area contributed by atoms with Gasteiger partial charge in [0, 0.05) is 43.7 Å². The highest BCUT2D eigenvalue weighted by atomic mass is 16.5. The Morgan fingerprint density at radius 2 is 1.76 bits per heavy atom. The van der Waals surface area contributed by atoms with Crippen LogP contribution >= 0.6 is 0 Å². The first-order chi connectivity index (χ1) is 23.6. The number of aliphatic hydroxyl groups is 1. The van der Waals surface area contributed by atoms with Crippen molar-refractivity contribution < 1.29 is 29.0 Å². The largest absolute Gasteiger partial charge is 0.449 e. The minimum absolute atomic E-state index is 0.0226. The van der Waals surface area contributed by atoms with Gasteiger partial charge < -0.3 is 30.7 Å². The van der Waals surface area contributed by atoms with Gasteiger partial charge in [0.1, 0.15) is 6.04 Å². The Balaban J connectivity index is 1.80. The number of urea groups is 1. The number of aryl methyl sites for hydroxylation is 1. The standard InChI is InChI=1S/C37H57N7O6/c1-8-26(4)33(44-18-17-42(36(44)49)22-29-16-12-13-27(5)39-29)34(47)40-30(19-28-14-10-9-11-15-28)31(45)23-43(21-25(2)3)41-32(46)20-37(6,7)24-50-35(38)48/h9-16,25-26,30-31,33,45H,8,17-24H2,1-7H3,(H2,38,48)(H,40,47)(H,41,46)/t26-,30-,31-,33-/m0/s1. The van der Waals surface area contributed by atoms with Crippen molar-refractivity contribution in [2.24, 2.45) is 23.0 Å². The number of benzene rings is 1. The Bertz CT molecular complexity index is 1420. The molecule has 1 fully saturated rings. The summed E-state index contributed by atoms with van der Waals surface area (Å²) in [4.78, 5) is 60.1. The molecular formula is C37H57N7O6. The van der Waals surface area contributed by atoms with Crippen molar-refractivity contribution >= 4 is 23.9 Å². The average Bonchev–Trinajstić information content (AvgIpc) is 3.38. The molecule has 13 heteroatoms. The highest BCUT2D eigenvalue weighted by Crippen LogP contribution is 2.23. The minimum Gasteiger partial charge on any atom is -0.449 e. The number of amides is 5. The van der Waals surface area contributed by atoms with E-state index in [4.69, 9.17) is 10.5 Å². The molecule has 5 N–H and O–H groups in total. The van der Waals surface area contributed by atoms with Gasteiger partial charge in [-0.25, -0.2) is 14.6 Å². The van der Waals surface area contributed by atoms with Crippen molar-refractivity contribution in [3.05, 3.63) is 65.5 Å². The molecule has 1 aliphatic heterocycles. The number of ether oxygens (including phenoxy) is 1. The summed E-state index contributed by atoms with van der Waals surface area (Å²) in [6, 6.07) is 13.6. The van der Waals surface area contributed by atoms with Crippen LogP contribution in [-0.2, 0) is 27.3 Å². The van der Waals surface area contributed by atoms with Crippen molar-refractivity contribution in [1.29, 1.82) is 0 Å². The maximum absolute atomic E-state index is 14.2. The Kier molecular flexibility index (Phi) is 15.0. The molecule has 1 aromatic carbocycles. The monoisotopic (exact) mass is 695 g/mol. The molecule has 2 aromatic rings. The summed E-state index contributed by atoms with van der Waals surface area (Å²) in [7, 11) is 0. The predicted molar refractivity (Wildman–Crippen MR) is 191 cm³/mol. The highest BCUT2D eigenvalue weighted by molar-refractivity contribution is 5.88. The van der Waals surface area contributed by atoms with Crippen molar-refractivity contribution in [2.75, 3.05) is 32.8 Å². The number of nitrogens with one attached hydrogen (secondary N) is 2. The summed E-state index contributed by atoms with van der Waals surface area (Å²) in [5.41, 5.74) is 9.93. The first-order valence-corrected chi connectivity index (χ1v) is 17.6. The number of aliphatic hydroxyl groups excluding tert-OH is 1. The summed E-state index contributed by atoms with van der Waals surface area (Å²) in [5, 5.41) is 16.5. The first kappa shape index (κ1) is 40.2. The lowest BCUT2D eigenvalue weighted by atomic mass is 9.90. The van der Waals surface area contributed by atoms with Gasteiger partial charge in [-0.15, -0.1) is 0 Å². The molecule has 1 aromatic heterocycles. The van der Waals surface area contributed by atoms with Crippen LogP contribution in [0.2, 0.25) is 0 Å². The van der Waals surface area contributed by atoms with Gasteiger partial charge in [0.25, 0.3) is 0 Å². The quantitative estimate of drug-likeness (QED) is 0.162. The van der Waals surface area contributed by atoms with Crippen LogP contribution in [0, 0.1) is 24.2 Å². The van der Waals surface area contributed by atoms with E-state index in [1.807, 2.05) is 83.1 Å². The van der Waals surface area contributed by atoms with Gasteiger partial charge in [0.05, 0.1) is 31.0 Å². The fourth-order valence-electron chi connectivity index (χ4n) is 6.17. The Morgan fingerprint density at radius 1 is 1.06 bits per heavy atom. The van der Waals surface area contributed by atoms with Gasteiger partial charge in [-0.3, -0.25) is 20.0 Å². The van der Waals surface area contributed by atoms with Crippen molar-refractivity contribution in [3.63, 3.8) is 0 Å². The maximum Gasteiger partial charge on any atom is 0.404 e. The van der Waals surface area contributed by atoms with Crippen molar-refractivity contribution in [1.82, 2.24) is 30.5 Å². The molecule has 0 saturated carbocycles. The van der Waals surface area contributed by atoms with E-state index in [1.54, 1.807) is 28.7 Å². The van der Waals surface area contributed by atoms with Crippen LogP contribution in [0.1, 0.15) is 71.3 Å². The SMILES string of the molecule is CC[C@H](C)[C@@H](C(=O)N[C@@H](Cc1ccccc1)[C@@H](O)CN(CC(C)C)NC(=O)CC(C)(C)COC(N)=O)N1CCN(Cc2cccc(C)n2)C1=O. The van der Waals surface area contributed by atoms with Crippen molar-refractivity contribution in [2.45, 2.75) is 92.5 Å². The molecule has 4 atom stereocenters. The van der Waals surface area contributed by atoms with Gasteiger partial charge in [-0.2, -0.15) is 0 Å². The number of nitrogens with two attached hydrogens (primary N) is 1. The molecule has 13 nitrogen and oxygen atoms in total. The molecule has 276 valence electrons. The van der Waals surface area contributed by atoms with Gasteiger partial charge in [-0.05, 0) is 42.9 Å². The van der Waals surface area contributed by atoms with E-state index < -0.39 is 29.7 Å². The lowest BCUT2D eigenvalue weighted by Crippen LogP contribution is -2.58. The second kappa shape index (κ2) is 18.7. The zero-order valence-corrected chi connectivity index (χ0v) is 30.7. The van der Waals surface area contributed by atoms with Crippen LogP contribution in [0.4, 0.5) is 9.59 Å². The number of nitrogens with zero attached hydrogens (tertiary/aromatic N) is 4. The molecule has 0 unspecified atom stereocenters. The van der Waals surface area contributed by atoms with Gasteiger partial charge in [0.15, 0.2) is 0 Å². The van der Waals surface area contributed by atoms with Crippen LogP contribution in [0.3, 0.4) is 0 Å². The summed E-state index contributed by atoms with van der Waals surface area (Å²) < 4.78 is 4.93. The number of primary amides is 1. The van der Waals surface area contributed by atoms with E-state index in [0.29, 0.717) is 39.0 Å². The van der Waals surface area contributed by atoms with E-state index >= 15 is 0 Å². The molecule has 0 aliphatic carbocycles. The van der Waals surface area contributed by atoms with Gasteiger partial charge in [-0.1, -0.05) is 84.4 Å². The Morgan fingerprint density at radius 3 is 2.38 bits per heavy atom. The van der Waals surface area contributed by atoms with Crippen LogP contribution in [0.25, 0.3) is 0 Å². The van der Waals surface area contributed by atoms with E-state index in [0.717, 1.165) is 17.0 Å². The van der Waals surface area contributed by atoms with Gasteiger partial charge >= 0.3 is 12.1 Å². The number of carbonyl (C=O) groups excluding carboxylic acids is 4. The molecule has 5 amide bonds. The lowest BCUT2D eigenvalue weighted by molar-refractivity contribution is -0.131. The third-order valence-corrected chi connectivity index (χ3v) is 8.82. The van der Waals surface area contributed by atoms with Crippen LogP contribution in [-0.4, -0.2) is 99.8 Å². The third-order valence-electron chi connectivity index (χ3n) is 8.82. The molecule has 0 bridgehead atoms. The predicted octanol–water partition coefficient (Wildman–Crippen LogP) is 3.63. The van der Waals surface area contributed by atoms with E-state index in [9.17, 15) is 24.3 Å². The average molecular weight is 696 g/mol. The maximum atomic E-state index is 14.2. The lowest BCUT2D eigenvalue weighted by Gasteiger charge is -2.35. The summed E-state index contributed by atoms with van der Waals surface area (Å²) in [5.74, 6) is -0.651. The summed E-state index contributed by atoms with van der Waals surface area (Å²) in [6.45, 7) is 15.1. The Labute approximate surface area is 296 Å².